The second-order valence-electron chi connectivity index (χ2n) is 13.3. The van der Waals surface area contributed by atoms with Crippen molar-refractivity contribution in [2.24, 2.45) is 0 Å². The van der Waals surface area contributed by atoms with Crippen LogP contribution in [0.2, 0.25) is 0 Å². The van der Waals surface area contributed by atoms with Crippen LogP contribution in [0.4, 0.5) is 0 Å². The molecule has 4 heteroatoms. The van der Waals surface area contributed by atoms with Gasteiger partial charge in [0.05, 0.1) is 4.70 Å². The SMILES string of the molecule is Cc1c2c(c3sc4c5c(cc6c4c3c1C(C)O6)OC(C)C1=C5c3cccc4c3c1cc1ccccc14)-c1ccccc1C1OC21. The molecule has 45 heavy (non-hydrogen) atoms. The van der Waals surface area contributed by atoms with Crippen molar-refractivity contribution in [1.82, 2.24) is 0 Å². The van der Waals surface area contributed by atoms with Gasteiger partial charge in [-0.25, -0.2) is 0 Å². The van der Waals surface area contributed by atoms with E-state index in [0.29, 0.717) is 0 Å². The van der Waals surface area contributed by atoms with Gasteiger partial charge in [-0.1, -0.05) is 66.7 Å². The Morgan fingerprint density at radius 3 is 2.33 bits per heavy atom. The lowest BCUT2D eigenvalue weighted by atomic mass is 9.79. The average Bonchev–Trinajstić information content (AvgIpc) is 3.66. The zero-order chi connectivity index (χ0) is 29.5. The Morgan fingerprint density at radius 1 is 0.622 bits per heavy atom. The van der Waals surface area contributed by atoms with Gasteiger partial charge in [0.15, 0.2) is 0 Å². The number of benzene rings is 6. The van der Waals surface area contributed by atoms with E-state index in [-0.39, 0.29) is 24.4 Å². The summed E-state index contributed by atoms with van der Waals surface area (Å²) in [6.07, 6.45) is 0.150. The van der Waals surface area contributed by atoms with Crippen LogP contribution in [-0.4, -0.2) is 6.10 Å². The van der Waals surface area contributed by atoms with Crippen molar-refractivity contribution in [1.29, 1.82) is 0 Å². The Bertz CT molecular complexity index is 2640. The van der Waals surface area contributed by atoms with Crippen LogP contribution in [0.5, 0.6) is 11.5 Å². The molecule has 12 rings (SSSR count). The van der Waals surface area contributed by atoms with Gasteiger partial charge in [0.25, 0.3) is 0 Å². The molecule has 0 bridgehead atoms. The molecular formula is C41H26O3S. The van der Waals surface area contributed by atoms with Crippen LogP contribution in [0.3, 0.4) is 0 Å². The van der Waals surface area contributed by atoms with Crippen LogP contribution in [0.1, 0.15) is 71.1 Å². The molecule has 0 N–H and O–H groups in total. The minimum absolute atomic E-state index is 0.0526. The van der Waals surface area contributed by atoms with E-state index in [4.69, 9.17) is 14.2 Å². The first-order valence-electron chi connectivity index (χ1n) is 16.0. The Kier molecular flexibility index (Phi) is 4.00. The summed E-state index contributed by atoms with van der Waals surface area (Å²) in [6.45, 7) is 6.69. The fourth-order valence-electron chi connectivity index (χ4n) is 9.44. The maximum absolute atomic E-state index is 6.89. The van der Waals surface area contributed by atoms with E-state index in [1.54, 1.807) is 0 Å². The quantitative estimate of drug-likeness (QED) is 0.129. The van der Waals surface area contributed by atoms with E-state index in [0.717, 1.165) is 11.5 Å². The van der Waals surface area contributed by atoms with Crippen LogP contribution in [-0.2, 0) is 4.74 Å². The second-order valence-corrected chi connectivity index (χ2v) is 14.4. The lowest BCUT2D eigenvalue weighted by Gasteiger charge is -2.31. The minimum Gasteiger partial charge on any atom is -0.485 e. The van der Waals surface area contributed by atoms with E-state index >= 15 is 0 Å². The third-order valence-corrected chi connectivity index (χ3v) is 12.4. The smallest absolute Gasteiger partial charge is 0.133 e. The summed E-state index contributed by atoms with van der Waals surface area (Å²) in [4.78, 5) is 0. The molecule has 2 aliphatic carbocycles. The van der Waals surface area contributed by atoms with Crippen molar-refractivity contribution in [3.63, 3.8) is 0 Å². The third kappa shape index (κ3) is 2.60. The molecule has 3 aliphatic heterocycles. The number of thiophene rings is 1. The highest BCUT2D eigenvalue weighted by molar-refractivity contribution is 7.26. The molecule has 4 unspecified atom stereocenters. The van der Waals surface area contributed by atoms with Crippen LogP contribution in [0.15, 0.2) is 78.9 Å². The molecule has 214 valence electrons. The molecule has 3 nitrogen and oxygen atoms in total. The second kappa shape index (κ2) is 7.59. The molecule has 0 amide bonds. The molecule has 7 aromatic rings. The molecule has 6 aromatic carbocycles. The summed E-state index contributed by atoms with van der Waals surface area (Å²) in [5.74, 6) is 1.87. The average molecular weight is 599 g/mol. The topological polar surface area (TPSA) is 31.0 Å². The lowest BCUT2D eigenvalue weighted by molar-refractivity contribution is 0.224. The number of hydrogen-bond donors (Lipinski definition) is 0. The van der Waals surface area contributed by atoms with Crippen LogP contribution in [0, 0.1) is 6.92 Å². The number of epoxide rings is 1. The Balaban J connectivity index is 1.26. The number of hydrogen-bond acceptors (Lipinski definition) is 4. The van der Waals surface area contributed by atoms with Crippen LogP contribution < -0.4 is 9.47 Å². The van der Waals surface area contributed by atoms with E-state index < -0.39 is 0 Å². The standard InChI is InChI=1S/C41H26O3S/c1-17-29-18(2)42-28-16-27-35(41-36(28)37(29)40(45-41)34-23-11-6-7-12-24(23)38-39(44-38)30(17)34)33-25-14-8-13-22-21-10-5-4-9-20(21)15-26(32(22)25)31(33)19(3)43-27/h4-16,18-19,38-39H,1-3H3. The van der Waals surface area contributed by atoms with Crippen molar-refractivity contribution < 1.29 is 14.2 Å². The van der Waals surface area contributed by atoms with Crippen molar-refractivity contribution >= 4 is 64.2 Å². The molecule has 1 aromatic heterocycles. The largest absolute Gasteiger partial charge is 0.485 e. The van der Waals surface area contributed by atoms with Gasteiger partial charge in [-0.3, -0.25) is 0 Å². The van der Waals surface area contributed by atoms with E-state index in [2.05, 4.69) is 99.6 Å². The van der Waals surface area contributed by atoms with Gasteiger partial charge >= 0.3 is 0 Å². The van der Waals surface area contributed by atoms with Gasteiger partial charge in [0.1, 0.15) is 35.9 Å². The van der Waals surface area contributed by atoms with Gasteiger partial charge in [0, 0.05) is 49.4 Å². The first-order valence-corrected chi connectivity index (χ1v) is 16.8. The maximum Gasteiger partial charge on any atom is 0.133 e. The molecule has 5 aliphatic rings. The van der Waals surface area contributed by atoms with E-state index in [1.165, 1.54) is 103 Å². The minimum atomic E-state index is -0.0781. The first-order chi connectivity index (χ1) is 22.1. The van der Waals surface area contributed by atoms with Crippen molar-refractivity contribution in [3.8, 4) is 22.6 Å². The summed E-state index contributed by atoms with van der Waals surface area (Å²) < 4.78 is 22.7. The van der Waals surface area contributed by atoms with E-state index in [1.807, 2.05) is 11.3 Å². The molecule has 0 radical (unpaired) electrons. The Hall–Kier alpha value is -4.64. The summed E-state index contributed by atoms with van der Waals surface area (Å²) in [5.41, 5.74) is 14.5. The fourth-order valence-corrected chi connectivity index (χ4v) is 10.9. The zero-order valence-corrected chi connectivity index (χ0v) is 25.8. The first kappa shape index (κ1) is 23.7. The molecular weight excluding hydrogens is 573 g/mol. The summed E-state index contributed by atoms with van der Waals surface area (Å²) in [5, 5.41) is 7.83. The molecule has 0 spiro atoms. The van der Waals surface area contributed by atoms with Gasteiger partial charge in [-0.2, -0.15) is 0 Å². The molecule has 1 fully saturated rings. The Morgan fingerprint density at radius 2 is 1.40 bits per heavy atom. The van der Waals surface area contributed by atoms with E-state index in [9.17, 15) is 0 Å². The summed E-state index contributed by atoms with van der Waals surface area (Å²) >= 11 is 1.93. The molecule has 4 heterocycles. The highest BCUT2D eigenvalue weighted by Gasteiger charge is 2.50. The normalized spacial score (nSPS) is 22.7. The summed E-state index contributed by atoms with van der Waals surface area (Å²) in [6, 6.07) is 29.1. The predicted molar refractivity (Wildman–Crippen MR) is 183 cm³/mol. The van der Waals surface area contributed by atoms with Gasteiger partial charge in [-0.15, -0.1) is 11.3 Å². The lowest BCUT2D eigenvalue weighted by Crippen LogP contribution is -2.20. The van der Waals surface area contributed by atoms with Crippen LogP contribution in [0.25, 0.3) is 64.0 Å². The third-order valence-electron chi connectivity index (χ3n) is 11.2. The number of ether oxygens (including phenoxy) is 3. The molecule has 0 saturated carbocycles. The molecule has 1 saturated heterocycles. The van der Waals surface area contributed by atoms with Crippen molar-refractivity contribution in [2.45, 2.75) is 45.2 Å². The van der Waals surface area contributed by atoms with Crippen LogP contribution >= 0.6 is 11.3 Å². The number of fused-ring (bicyclic) bond motifs is 14. The van der Waals surface area contributed by atoms with Gasteiger partial charge < -0.3 is 14.2 Å². The van der Waals surface area contributed by atoms with Crippen molar-refractivity contribution in [3.05, 3.63) is 118 Å². The predicted octanol–water partition coefficient (Wildman–Crippen LogP) is 11.0. The molecule has 4 atom stereocenters. The fraction of sp³-hybridized carbons (Fsp3) is 0.171. The highest BCUT2D eigenvalue weighted by Crippen LogP contribution is 2.66. The Labute approximate surface area is 263 Å². The highest BCUT2D eigenvalue weighted by atomic mass is 32.1. The van der Waals surface area contributed by atoms with Crippen molar-refractivity contribution in [2.75, 3.05) is 0 Å². The van der Waals surface area contributed by atoms with Gasteiger partial charge in [-0.05, 0) is 81.8 Å². The maximum atomic E-state index is 6.89. The monoisotopic (exact) mass is 598 g/mol. The zero-order valence-electron chi connectivity index (χ0n) is 24.9. The summed E-state index contributed by atoms with van der Waals surface area (Å²) in [7, 11) is 0. The number of rotatable bonds is 0. The van der Waals surface area contributed by atoms with Gasteiger partial charge in [0.2, 0.25) is 0 Å².